The van der Waals surface area contributed by atoms with Crippen molar-refractivity contribution in [1.82, 2.24) is 15.1 Å². The minimum atomic E-state index is 0.0738. The van der Waals surface area contributed by atoms with Gasteiger partial charge < -0.3 is 10.6 Å². The molecule has 2 N–H and O–H groups in total. The monoisotopic (exact) mass is 278 g/mol. The Morgan fingerprint density at radius 3 is 2.90 bits per heavy atom. The maximum atomic E-state index is 12.2. The van der Waals surface area contributed by atoms with Gasteiger partial charge in [0, 0.05) is 19.7 Å². The van der Waals surface area contributed by atoms with Gasteiger partial charge in [-0.2, -0.15) is 5.10 Å². The van der Waals surface area contributed by atoms with E-state index in [1.807, 2.05) is 13.1 Å². The molecule has 2 heterocycles. The van der Waals surface area contributed by atoms with Crippen molar-refractivity contribution < 1.29 is 4.79 Å². The number of nitrogens with one attached hydrogen (secondary N) is 2. The standard InChI is InChI=1S/C15H26N4O/c1-15(2,3)9-12-8-13(19(4)18-12)17-14(20)11-6-5-7-16-10-11/h8,11,16H,5-7,9-10H2,1-4H3,(H,17,20). The molecule has 0 spiro atoms. The number of carbonyl (C=O) groups is 1. The largest absolute Gasteiger partial charge is 0.316 e. The fraction of sp³-hybridized carbons (Fsp3) is 0.733. The van der Waals surface area contributed by atoms with Crippen molar-refractivity contribution in [3.63, 3.8) is 0 Å². The van der Waals surface area contributed by atoms with Gasteiger partial charge in [0.05, 0.1) is 11.6 Å². The van der Waals surface area contributed by atoms with Crippen molar-refractivity contribution >= 4 is 11.7 Å². The van der Waals surface area contributed by atoms with Gasteiger partial charge in [-0.1, -0.05) is 20.8 Å². The molecule has 1 atom stereocenters. The molecule has 20 heavy (non-hydrogen) atoms. The highest BCUT2D eigenvalue weighted by Gasteiger charge is 2.22. The van der Waals surface area contributed by atoms with Crippen LogP contribution >= 0.6 is 0 Å². The molecule has 112 valence electrons. The van der Waals surface area contributed by atoms with E-state index in [0.717, 1.165) is 43.9 Å². The van der Waals surface area contributed by atoms with Crippen LogP contribution in [0.4, 0.5) is 5.82 Å². The summed E-state index contributed by atoms with van der Waals surface area (Å²) in [5.74, 6) is 0.965. The minimum Gasteiger partial charge on any atom is -0.316 e. The zero-order chi connectivity index (χ0) is 14.8. The molecule has 1 aromatic rings. The maximum Gasteiger partial charge on any atom is 0.229 e. The number of aryl methyl sites for hydroxylation is 1. The predicted molar refractivity (Wildman–Crippen MR) is 80.6 cm³/mol. The molecule has 1 aromatic heterocycles. The Morgan fingerprint density at radius 1 is 1.55 bits per heavy atom. The van der Waals surface area contributed by atoms with Crippen LogP contribution in [0.1, 0.15) is 39.3 Å². The van der Waals surface area contributed by atoms with E-state index in [4.69, 9.17) is 0 Å². The van der Waals surface area contributed by atoms with Crippen LogP contribution in [0.3, 0.4) is 0 Å². The molecule has 0 bridgehead atoms. The Kier molecular flexibility index (Phi) is 4.48. The van der Waals surface area contributed by atoms with Crippen LogP contribution in [0.2, 0.25) is 0 Å². The van der Waals surface area contributed by atoms with Gasteiger partial charge in [0.1, 0.15) is 5.82 Å². The Hall–Kier alpha value is -1.36. The summed E-state index contributed by atoms with van der Waals surface area (Å²) in [6.45, 7) is 8.36. The van der Waals surface area contributed by atoms with Crippen LogP contribution < -0.4 is 10.6 Å². The molecule has 0 saturated carbocycles. The average molecular weight is 278 g/mol. The van der Waals surface area contributed by atoms with Crippen LogP contribution in [0.25, 0.3) is 0 Å². The lowest BCUT2D eigenvalue weighted by atomic mass is 9.91. The number of nitrogens with zero attached hydrogens (tertiary/aromatic N) is 2. The Bertz CT molecular complexity index is 467. The second kappa shape index (κ2) is 5.95. The van der Waals surface area contributed by atoms with Gasteiger partial charge in [0.15, 0.2) is 0 Å². The number of amides is 1. The molecule has 1 aliphatic heterocycles. The summed E-state index contributed by atoms with van der Waals surface area (Å²) in [7, 11) is 1.88. The number of hydrogen-bond acceptors (Lipinski definition) is 3. The van der Waals surface area contributed by atoms with Gasteiger partial charge in [-0.05, 0) is 31.2 Å². The Balaban J connectivity index is 2.00. The van der Waals surface area contributed by atoms with Gasteiger partial charge in [0.2, 0.25) is 5.91 Å². The highest BCUT2D eigenvalue weighted by atomic mass is 16.2. The summed E-state index contributed by atoms with van der Waals surface area (Å²) in [6, 6.07) is 1.99. The van der Waals surface area contributed by atoms with Crippen LogP contribution in [-0.2, 0) is 18.3 Å². The van der Waals surface area contributed by atoms with Crippen LogP contribution in [-0.4, -0.2) is 28.8 Å². The zero-order valence-corrected chi connectivity index (χ0v) is 13.0. The van der Waals surface area contributed by atoms with Crippen molar-refractivity contribution in [2.24, 2.45) is 18.4 Å². The number of anilines is 1. The van der Waals surface area contributed by atoms with Crippen molar-refractivity contribution in [3.05, 3.63) is 11.8 Å². The van der Waals surface area contributed by atoms with E-state index < -0.39 is 0 Å². The van der Waals surface area contributed by atoms with Gasteiger partial charge in [-0.3, -0.25) is 9.48 Å². The first-order valence-corrected chi connectivity index (χ1v) is 7.40. The fourth-order valence-electron chi connectivity index (χ4n) is 2.58. The first-order valence-electron chi connectivity index (χ1n) is 7.40. The SMILES string of the molecule is Cn1nc(CC(C)(C)C)cc1NC(=O)C1CCCNC1. The van der Waals surface area contributed by atoms with E-state index in [1.165, 1.54) is 0 Å². The first-order chi connectivity index (χ1) is 9.35. The van der Waals surface area contributed by atoms with Crippen molar-refractivity contribution in [2.45, 2.75) is 40.0 Å². The van der Waals surface area contributed by atoms with E-state index in [0.29, 0.717) is 0 Å². The lowest BCUT2D eigenvalue weighted by Gasteiger charge is -2.21. The Morgan fingerprint density at radius 2 is 2.30 bits per heavy atom. The highest BCUT2D eigenvalue weighted by Crippen LogP contribution is 2.22. The number of carbonyl (C=O) groups excluding carboxylic acids is 1. The molecule has 0 radical (unpaired) electrons. The first kappa shape index (κ1) is 15.0. The third-order valence-corrected chi connectivity index (χ3v) is 3.56. The van der Waals surface area contributed by atoms with Gasteiger partial charge in [-0.15, -0.1) is 0 Å². The molecule has 1 unspecified atom stereocenters. The van der Waals surface area contributed by atoms with E-state index >= 15 is 0 Å². The summed E-state index contributed by atoms with van der Waals surface area (Å²) in [5.41, 5.74) is 1.22. The second-order valence-electron chi connectivity index (χ2n) is 6.91. The molecular weight excluding hydrogens is 252 g/mol. The van der Waals surface area contributed by atoms with Crippen LogP contribution in [0.5, 0.6) is 0 Å². The smallest absolute Gasteiger partial charge is 0.229 e. The second-order valence-corrected chi connectivity index (χ2v) is 6.91. The molecule has 1 aliphatic rings. The van der Waals surface area contributed by atoms with Gasteiger partial charge in [0.25, 0.3) is 0 Å². The number of rotatable bonds is 3. The normalized spacial score (nSPS) is 19.9. The molecule has 0 aliphatic carbocycles. The summed E-state index contributed by atoms with van der Waals surface area (Å²) in [4.78, 5) is 12.2. The zero-order valence-electron chi connectivity index (χ0n) is 13.0. The summed E-state index contributed by atoms with van der Waals surface area (Å²) in [5, 5.41) is 10.8. The average Bonchev–Trinajstić information content (AvgIpc) is 2.68. The Labute approximate surface area is 121 Å². The molecule has 1 saturated heterocycles. The van der Waals surface area contributed by atoms with Crippen molar-refractivity contribution in [2.75, 3.05) is 18.4 Å². The minimum absolute atomic E-state index is 0.0738. The number of aromatic nitrogens is 2. The summed E-state index contributed by atoms with van der Waals surface area (Å²) in [6.07, 6.45) is 2.94. The quantitative estimate of drug-likeness (QED) is 0.888. The molecule has 1 amide bonds. The van der Waals surface area contributed by atoms with E-state index in [9.17, 15) is 4.79 Å². The maximum absolute atomic E-state index is 12.2. The molecular formula is C15H26N4O. The van der Waals surface area contributed by atoms with Gasteiger partial charge >= 0.3 is 0 Å². The molecule has 2 rings (SSSR count). The molecule has 5 heteroatoms. The number of piperidine rings is 1. The molecule has 0 aromatic carbocycles. The lowest BCUT2D eigenvalue weighted by molar-refractivity contribution is -0.120. The summed E-state index contributed by atoms with van der Waals surface area (Å²) < 4.78 is 1.76. The third-order valence-electron chi connectivity index (χ3n) is 3.56. The van der Waals surface area contributed by atoms with Crippen LogP contribution in [0.15, 0.2) is 6.07 Å². The fourth-order valence-corrected chi connectivity index (χ4v) is 2.58. The molecule has 5 nitrogen and oxygen atoms in total. The predicted octanol–water partition coefficient (Wildman–Crippen LogP) is 1.95. The van der Waals surface area contributed by atoms with E-state index in [1.54, 1.807) is 4.68 Å². The summed E-state index contributed by atoms with van der Waals surface area (Å²) >= 11 is 0. The highest BCUT2D eigenvalue weighted by molar-refractivity contribution is 5.92. The lowest BCUT2D eigenvalue weighted by Crippen LogP contribution is -2.37. The van der Waals surface area contributed by atoms with Crippen molar-refractivity contribution in [3.8, 4) is 0 Å². The topological polar surface area (TPSA) is 59.0 Å². The van der Waals surface area contributed by atoms with Gasteiger partial charge in [-0.25, -0.2) is 0 Å². The molecule has 1 fully saturated rings. The number of hydrogen-bond donors (Lipinski definition) is 2. The van der Waals surface area contributed by atoms with Crippen LogP contribution in [0, 0.1) is 11.3 Å². The van der Waals surface area contributed by atoms with E-state index in [-0.39, 0.29) is 17.2 Å². The third kappa shape index (κ3) is 4.07. The van der Waals surface area contributed by atoms with E-state index in [2.05, 4.69) is 36.5 Å². The van der Waals surface area contributed by atoms with Crippen molar-refractivity contribution in [1.29, 1.82) is 0 Å².